The molecule has 0 saturated carbocycles. The third kappa shape index (κ3) is 4.35. The van der Waals surface area contributed by atoms with Crippen LogP contribution in [0.15, 0.2) is 65.4 Å². The van der Waals surface area contributed by atoms with Gasteiger partial charge >= 0.3 is 0 Å². The molecule has 0 amide bonds. The van der Waals surface area contributed by atoms with Crippen molar-refractivity contribution in [3.8, 4) is 11.3 Å². The van der Waals surface area contributed by atoms with Crippen molar-refractivity contribution in [1.29, 1.82) is 0 Å². The number of rotatable bonds is 5. The molecule has 0 radical (unpaired) electrons. The van der Waals surface area contributed by atoms with Gasteiger partial charge in [-0.25, -0.2) is 9.98 Å². The monoisotopic (exact) mass is 395 g/mol. The van der Waals surface area contributed by atoms with Crippen LogP contribution >= 0.6 is 22.9 Å². The average Bonchev–Trinajstić information content (AvgIpc) is 3.20. The molecular weight excluding hydrogens is 378 g/mol. The van der Waals surface area contributed by atoms with E-state index in [1.54, 1.807) is 17.5 Å². The Bertz CT molecular complexity index is 981. The molecule has 3 aromatic rings. The first-order valence-electron chi connectivity index (χ1n) is 8.63. The van der Waals surface area contributed by atoms with Crippen molar-refractivity contribution in [2.75, 3.05) is 13.1 Å². The van der Waals surface area contributed by atoms with Gasteiger partial charge in [0.1, 0.15) is 5.01 Å². The van der Waals surface area contributed by atoms with E-state index < -0.39 is 0 Å². The lowest BCUT2D eigenvalue weighted by molar-refractivity contribution is 0.830. The molecule has 2 N–H and O–H groups in total. The van der Waals surface area contributed by atoms with Crippen LogP contribution in [0.5, 0.6) is 0 Å². The first-order valence-corrected chi connectivity index (χ1v) is 9.89. The zero-order chi connectivity index (χ0) is 18.5. The smallest absolute Gasteiger partial charge is 0.195 e. The molecule has 27 heavy (non-hydrogen) atoms. The minimum atomic E-state index is 0.595. The molecule has 1 aromatic carbocycles. The first kappa shape index (κ1) is 17.7. The number of pyridine rings is 1. The maximum absolute atomic E-state index is 6.27. The van der Waals surface area contributed by atoms with E-state index in [4.69, 9.17) is 16.6 Å². The molecule has 0 spiro atoms. The average molecular weight is 396 g/mol. The Morgan fingerprint density at radius 3 is 2.89 bits per heavy atom. The van der Waals surface area contributed by atoms with Crippen molar-refractivity contribution < 1.29 is 0 Å². The summed E-state index contributed by atoms with van der Waals surface area (Å²) < 4.78 is 0. The number of thiazole rings is 1. The summed E-state index contributed by atoms with van der Waals surface area (Å²) in [5, 5.41) is 10.2. The number of benzene rings is 1. The van der Waals surface area contributed by atoms with Crippen LogP contribution in [0.25, 0.3) is 16.8 Å². The second-order valence-electron chi connectivity index (χ2n) is 6.03. The Morgan fingerprint density at radius 1 is 1.19 bits per heavy atom. The summed E-state index contributed by atoms with van der Waals surface area (Å²) in [4.78, 5) is 13.4. The number of hydrogen-bond acceptors (Lipinski definition) is 6. The second-order valence-corrected chi connectivity index (χ2v) is 7.30. The van der Waals surface area contributed by atoms with Gasteiger partial charge in [-0.15, -0.1) is 11.3 Å². The summed E-state index contributed by atoms with van der Waals surface area (Å²) in [5.41, 5.74) is 4.11. The maximum Gasteiger partial charge on any atom is 0.195 e. The summed E-state index contributed by atoms with van der Waals surface area (Å²) >= 11 is 7.87. The molecule has 1 aliphatic heterocycles. The Hall–Kier alpha value is -2.70. The number of aromatic nitrogens is 2. The summed E-state index contributed by atoms with van der Waals surface area (Å²) in [6.45, 7) is 1.40. The lowest BCUT2D eigenvalue weighted by atomic mass is 10.2. The lowest BCUT2D eigenvalue weighted by Crippen LogP contribution is -2.37. The number of aliphatic imine (C=N–C) groups is 1. The van der Waals surface area contributed by atoms with Gasteiger partial charge in [-0.1, -0.05) is 35.9 Å². The van der Waals surface area contributed by atoms with E-state index in [0.29, 0.717) is 11.6 Å². The van der Waals surface area contributed by atoms with Gasteiger partial charge in [0.05, 0.1) is 12.2 Å². The fourth-order valence-corrected chi connectivity index (χ4v) is 3.79. The molecule has 5 nitrogen and oxygen atoms in total. The Morgan fingerprint density at radius 2 is 2.11 bits per heavy atom. The van der Waals surface area contributed by atoms with E-state index in [1.165, 1.54) is 5.56 Å². The number of nitrogens with one attached hydrogen (secondary N) is 2. The van der Waals surface area contributed by atoms with Gasteiger partial charge in [0.2, 0.25) is 0 Å². The predicted molar refractivity (Wildman–Crippen MR) is 112 cm³/mol. The van der Waals surface area contributed by atoms with Gasteiger partial charge in [0.15, 0.2) is 5.96 Å². The Labute approximate surface area is 166 Å². The lowest BCUT2D eigenvalue weighted by Gasteiger charge is -2.15. The quantitative estimate of drug-likeness (QED) is 0.685. The highest BCUT2D eigenvalue weighted by Crippen LogP contribution is 2.30. The van der Waals surface area contributed by atoms with E-state index in [9.17, 15) is 0 Å². The molecule has 0 bridgehead atoms. The van der Waals surface area contributed by atoms with Gasteiger partial charge in [-0.3, -0.25) is 4.98 Å². The fraction of sp³-hybridized carbons (Fsp3) is 0.150. The standard InChI is InChI=1S/C20H18ClN5S/c21-17-6-2-1-5-16(17)18-13-27-19(26-18)15-11-24-20(25-12-15)23-9-7-14-4-3-8-22-10-14/h1-6,8,10-11,13H,7,9,12H2,(H2,23,24,25). The van der Waals surface area contributed by atoms with Crippen molar-refractivity contribution >= 4 is 34.5 Å². The van der Waals surface area contributed by atoms with Gasteiger partial charge < -0.3 is 10.6 Å². The summed E-state index contributed by atoms with van der Waals surface area (Å²) in [6.07, 6.45) is 6.54. The third-order valence-corrected chi connectivity index (χ3v) is 5.40. The number of hydrogen-bond donors (Lipinski definition) is 2. The molecule has 0 aliphatic carbocycles. The molecular formula is C20H18ClN5S. The Balaban J connectivity index is 1.34. The van der Waals surface area contributed by atoms with Gasteiger partial charge in [0.25, 0.3) is 0 Å². The largest absolute Gasteiger partial charge is 0.356 e. The van der Waals surface area contributed by atoms with Crippen LogP contribution in [0, 0.1) is 0 Å². The van der Waals surface area contributed by atoms with E-state index in [-0.39, 0.29) is 0 Å². The van der Waals surface area contributed by atoms with Crippen molar-refractivity contribution in [3.05, 3.63) is 76.0 Å². The van der Waals surface area contributed by atoms with Crippen molar-refractivity contribution in [2.45, 2.75) is 6.42 Å². The molecule has 4 rings (SSSR count). The van der Waals surface area contributed by atoms with Gasteiger partial charge in [0, 0.05) is 46.7 Å². The highest BCUT2D eigenvalue weighted by atomic mass is 35.5. The second kappa shape index (κ2) is 8.33. The van der Waals surface area contributed by atoms with Crippen molar-refractivity contribution in [1.82, 2.24) is 20.6 Å². The topological polar surface area (TPSA) is 62.2 Å². The normalized spacial score (nSPS) is 13.5. The molecule has 3 heterocycles. The fourth-order valence-electron chi connectivity index (χ4n) is 2.73. The summed E-state index contributed by atoms with van der Waals surface area (Å²) in [7, 11) is 0. The highest BCUT2D eigenvalue weighted by molar-refractivity contribution is 7.11. The van der Waals surface area contributed by atoms with E-state index in [2.05, 4.69) is 26.7 Å². The Kier molecular flexibility index (Phi) is 5.46. The van der Waals surface area contributed by atoms with Crippen LogP contribution in [0.4, 0.5) is 0 Å². The number of halogens is 1. The van der Waals surface area contributed by atoms with Gasteiger partial charge in [-0.05, 0) is 24.1 Å². The number of guanidine groups is 1. The third-order valence-electron chi connectivity index (χ3n) is 4.15. The van der Waals surface area contributed by atoms with Crippen LogP contribution < -0.4 is 10.6 Å². The maximum atomic E-state index is 6.27. The molecule has 1 aliphatic rings. The zero-order valence-corrected chi connectivity index (χ0v) is 16.1. The van der Waals surface area contributed by atoms with Crippen LogP contribution in [-0.2, 0) is 6.42 Å². The number of nitrogens with zero attached hydrogens (tertiary/aromatic N) is 3. The van der Waals surface area contributed by atoms with Gasteiger partial charge in [-0.2, -0.15) is 0 Å². The molecule has 136 valence electrons. The molecule has 0 fully saturated rings. The minimum absolute atomic E-state index is 0.595. The molecule has 7 heteroatoms. The van der Waals surface area contributed by atoms with E-state index >= 15 is 0 Å². The minimum Gasteiger partial charge on any atom is -0.356 e. The highest BCUT2D eigenvalue weighted by Gasteiger charge is 2.13. The molecule has 0 atom stereocenters. The van der Waals surface area contributed by atoms with Crippen molar-refractivity contribution in [3.63, 3.8) is 0 Å². The summed E-state index contributed by atoms with van der Waals surface area (Å²) in [5.74, 6) is 0.783. The van der Waals surface area contributed by atoms with Crippen LogP contribution in [0.2, 0.25) is 5.02 Å². The van der Waals surface area contributed by atoms with Crippen LogP contribution in [-0.4, -0.2) is 29.0 Å². The first-order chi connectivity index (χ1) is 13.3. The predicted octanol–water partition coefficient (Wildman–Crippen LogP) is 3.99. The summed E-state index contributed by atoms with van der Waals surface area (Å²) in [6, 6.07) is 11.8. The zero-order valence-electron chi connectivity index (χ0n) is 14.5. The van der Waals surface area contributed by atoms with E-state index in [1.807, 2.05) is 48.1 Å². The molecule has 0 saturated heterocycles. The SMILES string of the molecule is Clc1ccccc1-c1csc(C2=CNC(NCCc3cccnc3)=NC2)n1. The van der Waals surface area contributed by atoms with Crippen molar-refractivity contribution in [2.24, 2.45) is 4.99 Å². The van der Waals surface area contributed by atoms with Crippen LogP contribution in [0.1, 0.15) is 10.6 Å². The van der Waals surface area contributed by atoms with Crippen LogP contribution in [0.3, 0.4) is 0 Å². The molecule has 0 unspecified atom stereocenters. The molecule has 2 aromatic heterocycles. The van der Waals surface area contributed by atoms with E-state index in [0.717, 1.165) is 40.8 Å².